The highest BCUT2D eigenvalue weighted by Gasteiger charge is 2.15. The fourth-order valence-corrected chi connectivity index (χ4v) is 1.59. The van der Waals surface area contributed by atoms with Gasteiger partial charge in [-0.3, -0.25) is 4.90 Å². The van der Waals surface area contributed by atoms with Crippen molar-refractivity contribution in [3.05, 3.63) is 11.6 Å². The second-order valence-corrected chi connectivity index (χ2v) is 4.37. The molecular weight excluding hydrogens is 170 g/mol. The van der Waals surface area contributed by atoms with E-state index in [1.165, 1.54) is 5.57 Å². The van der Waals surface area contributed by atoms with Crippen LogP contribution >= 0.6 is 11.6 Å². The van der Waals surface area contributed by atoms with Crippen molar-refractivity contribution in [2.75, 3.05) is 19.6 Å². The van der Waals surface area contributed by atoms with Gasteiger partial charge in [-0.15, -0.1) is 11.6 Å². The largest absolute Gasteiger partial charge is 0.300 e. The zero-order chi connectivity index (χ0) is 8.97. The van der Waals surface area contributed by atoms with E-state index in [1.807, 2.05) is 0 Å². The smallest absolute Gasteiger partial charge is 0.0360 e. The highest BCUT2D eigenvalue weighted by Crippen LogP contribution is 2.15. The maximum Gasteiger partial charge on any atom is 0.0360 e. The van der Waals surface area contributed by atoms with Crippen LogP contribution in [0.15, 0.2) is 11.6 Å². The van der Waals surface area contributed by atoms with Crippen LogP contribution in [0.3, 0.4) is 0 Å². The summed E-state index contributed by atoms with van der Waals surface area (Å²) in [4.78, 5) is 2.46. The van der Waals surface area contributed by atoms with Crippen LogP contribution in [0.4, 0.5) is 0 Å². The summed E-state index contributed by atoms with van der Waals surface area (Å²) in [5, 5.41) is 0.424. The lowest BCUT2D eigenvalue weighted by Gasteiger charge is -2.28. The Morgan fingerprint density at radius 3 is 2.50 bits per heavy atom. The van der Waals surface area contributed by atoms with Crippen LogP contribution in [-0.4, -0.2) is 29.9 Å². The lowest BCUT2D eigenvalue weighted by Crippen LogP contribution is -2.34. The molecule has 1 aliphatic heterocycles. The third kappa shape index (κ3) is 3.59. The van der Waals surface area contributed by atoms with Crippen molar-refractivity contribution < 1.29 is 0 Å². The van der Waals surface area contributed by atoms with Gasteiger partial charge in [-0.2, -0.15) is 0 Å². The number of piperidine rings is 1. The predicted molar refractivity (Wildman–Crippen MR) is 54.7 cm³/mol. The standard InChI is InChI=1S/C10H18ClN/c1-9(2)3-6-12-7-4-10(11)5-8-12/h3,10H,4-8H2,1-2H3. The van der Waals surface area contributed by atoms with Crippen LogP contribution in [0.25, 0.3) is 0 Å². The summed E-state index contributed by atoms with van der Waals surface area (Å²) in [6.45, 7) is 7.73. The van der Waals surface area contributed by atoms with Gasteiger partial charge in [-0.05, 0) is 39.8 Å². The Kier molecular flexibility index (Phi) is 4.10. The first kappa shape index (κ1) is 10.1. The van der Waals surface area contributed by atoms with E-state index in [0.717, 1.165) is 32.5 Å². The Hall–Kier alpha value is -0.0100. The monoisotopic (exact) mass is 187 g/mol. The second-order valence-electron chi connectivity index (χ2n) is 3.76. The molecule has 1 rings (SSSR count). The molecule has 70 valence electrons. The minimum Gasteiger partial charge on any atom is -0.300 e. The Morgan fingerprint density at radius 2 is 2.00 bits per heavy atom. The van der Waals surface area contributed by atoms with Crippen molar-refractivity contribution in [2.24, 2.45) is 0 Å². The molecule has 1 fully saturated rings. The van der Waals surface area contributed by atoms with Crippen molar-refractivity contribution in [1.82, 2.24) is 4.90 Å². The van der Waals surface area contributed by atoms with E-state index in [9.17, 15) is 0 Å². The lowest BCUT2D eigenvalue weighted by atomic mass is 10.1. The molecule has 0 aromatic rings. The minimum absolute atomic E-state index is 0.424. The van der Waals surface area contributed by atoms with Crippen molar-refractivity contribution in [3.8, 4) is 0 Å². The summed E-state index contributed by atoms with van der Waals surface area (Å²) in [6.07, 6.45) is 4.59. The number of allylic oxidation sites excluding steroid dienone is 1. The number of hydrogen-bond acceptors (Lipinski definition) is 1. The maximum atomic E-state index is 6.00. The lowest BCUT2D eigenvalue weighted by molar-refractivity contribution is 0.254. The number of nitrogens with zero attached hydrogens (tertiary/aromatic N) is 1. The van der Waals surface area contributed by atoms with Crippen LogP contribution in [0.5, 0.6) is 0 Å². The van der Waals surface area contributed by atoms with Crippen molar-refractivity contribution in [3.63, 3.8) is 0 Å². The first-order valence-corrected chi connectivity index (χ1v) is 5.12. The predicted octanol–water partition coefficient (Wildman–Crippen LogP) is 2.66. The Labute approximate surface area is 80.4 Å². The fraction of sp³-hybridized carbons (Fsp3) is 0.800. The van der Waals surface area contributed by atoms with Gasteiger partial charge >= 0.3 is 0 Å². The van der Waals surface area contributed by atoms with E-state index in [0.29, 0.717) is 5.38 Å². The zero-order valence-electron chi connectivity index (χ0n) is 8.02. The molecule has 0 spiro atoms. The first-order chi connectivity index (χ1) is 5.68. The quantitative estimate of drug-likeness (QED) is 0.475. The Balaban J connectivity index is 2.22. The number of likely N-dealkylation sites (tertiary alicyclic amines) is 1. The molecule has 0 radical (unpaired) electrons. The number of halogens is 1. The molecule has 1 heterocycles. The van der Waals surface area contributed by atoms with Crippen LogP contribution < -0.4 is 0 Å². The summed E-state index contributed by atoms with van der Waals surface area (Å²) in [5.74, 6) is 0. The summed E-state index contributed by atoms with van der Waals surface area (Å²) >= 11 is 6.00. The van der Waals surface area contributed by atoms with Gasteiger partial charge in [0.1, 0.15) is 0 Å². The molecule has 0 aromatic carbocycles. The van der Waals surface area contributed by atoms with Crippen LogP contribution in [-0.2, 0) is 0 Å². The van der Waals surface area contributed by atoms with E-state index < -0.39 is 0 Å². The van der Waals surface area contributed by atoms with E-state index in [2.05, 4.69) is 24.8 Å². The molecule has 0 saturated carbocycles. The Bertz CT molecular complexity index is 153. The fourth-order valence-electron chi connectivity index (χ4n) is 1.40. The van der Waals surface area contributed by atoms with E-state index >= 15 is 0 Å². The normalized spacial score (nSPS) is 20.9. The van der Waals surface area contributed by atoms with E-state index in [1.54, 1.807) is 0 Å². The van der Waals surface area contributed by atoms with Gasteiger partial charge in [0.05, 0.1) is 0 Å². The van der Waals surface area contributed by atoms with Crippen molar-refractivity contribution in [2.45, 2.75) is 32.1 Å². The van der Waals surface area contributed by atoms with Crippen molar-refractivity contribution >= 4 is 11.6 Å². The van der Waals surface area contributed by atoms with Crippen LogP contribution in [0.2, 0.25) is 0 Å². The molecule has 0 unspecified atom stereocenters. The van der Waals surface area contributed by atoms with Crippen LogP contribution in [0, 0.1) is 0 Å². The van der Waals surface area contributed by atoms with Gasteiger partial charge in [0.2, 0.25) is 0 Å². The van der Waals surface area contributed by atoms with Gasteiger partial charge in [0, 0.05) is 11.9 Å². The molecule has 0 atom stereocenters. The molecular formula is C10H18ClN. The Morgan fingerprint density at radius 1 is 1.42 bits per heavy atom. The average molecular weight is 188 g/mol. The van der Waals surface area contributed by atoms with Crippen molar-refractivity contribution in [1.29, 1.82) is 0 Å². The first-order valence-electron chi connectivity index (χ1n) is 4.68. The molecule has 1 saturated heterocycles. The molecule has 1 nitrogen and oxygen atoms in total. The van der Waals surface area contributed by atoms with Gasteiger partial charge < -0.3 is 0 Å². The summed E-state index contributed by atoms with van der Waals surface area (Å²) in [7, 11) is 0. The molecule has 12 heavy (non-hydrogen) atoms. The topological polar surface area (TPSA) is 3.24 Å². The highest BCUT2D eigenvalue weighted by atomic mass is 35.5. The minimum atomic E-state index is 0.424. The summed E-state index contributed by atoms with van der Waals surface area (Å²) < 4.78 is 0. The van der Waals surface area contributed by atoms with E-state index in [4.69, 9.17) is 11.6 Å². The molecule has 2 heteroatoms. The molecule has 0 N–H and O–H groups in total. The molecule has 1 aliphatic rings. The number of rotatable bonds is 2. The van der Waals surface area contributed by atoms with Gasteiger partial charge in [0.25, 0.3) is 0 Å². The average Bonchev–Trinajstić information content (AvgIpc) is 2.03. The molecule has 0 amide bonds. The summed E-state index contributed by atoms with van der Waals surface area (Å²) in [5.41, 5.74) is 1.41. The molecule has 0 aromatic heterocycles. The van der Waals surface area contributed by atoms with Gasteiger partial charge in [0.15, 0.2) is 0 Å². The molecule has 0 aliphatic carbocycles. The number of alkyl halides is 1. The third-order valence-corrected chi connectivity index (χ3v) is 2.71. The zero-order valence-corrected chi connectivity index (χ0v) is 8.77. The van der Waals surface area contributed by atoms with Gasteiger partial charge in [-0.1, -0.05) is 11.6 Å². The summed E-state index contributed by atoms with van der Waals surface area (Å²) in [6, 6.07) is 0. The number of hydrogen-bond donors (Lipinski definition) is 0. The second kappa shape index (κ2) is 4.88. The maximum absolute atomic E-state index is 6.00. The van der Waals surface area contributed by atoms with Gasteiger partial charge in [-0.25, -0.2) is 0 Å². The third-order valence-electron chi connectivity index (χ3n) is 2.27. The molecule has 0 bridgehead atoms. The van der Waals surface area contributed by atoms with Crippen LogP contribution in [0.1, 0.15) is 26.7 Å². The highest BCUT2D eigenvalue weighted by molar-refractivity contribution is 6.20. The SMILES string of the molecule is CC(C)=CCN1CCC(Cl)CC1. The van der Waals surface area contributed by atoms with E-state index in [-0.39, 0.29) is 0 Å².